The van der Waals surface area contributed by atoms with E-state index in [1.165, 1.54) is 28.2 Å². The number of amides is 1. The lowest BCUT2D eigenvalue weighted by atomic mass is 9.88. The molecule has 1 aromatic rings. The van der Waals surface area contributed by atoms with E-state index >= 15 is 0 Å². The van der Waals surface area contributed by atoms with Gasteiger partial charge in [0.2, 0.25) is 0 Å². The third-order valence-corrected chi connectivity index (χ3v) is 5.28. The van der Waals surface area contributed by atoms with Crippen LogP contribution >= 0.6 is 11.3 Å². The molecule has 0 bridgehead atoms. The molecule has 2 heterocycles. The Morgan fingerprint density at radius 1 is 1.53 bits per heavy atom. The number of aryl methyl sites for hydroxylation is 1. The fraction of sp³-hybridized carbons (Fsp3) is 0.643. The van der Waals surface area contributed by atoms with Gasteiger partial charge < -0.3 is 0 Å². The summed E-state index contributed by atoms with van der Waals surface area (Å²) in [6.07, 6.45) is 1.26. The number of thiophene rings is 1. The molecule has 2 atom stereocenters. The number of likely N-dealkylation sites (tertiary alicyclic amines) is 1. The topological polar surface area (TPSA) is 58.4 Å². The number of hydrazine groups is 1. The molecule has 2 unspecified atom stereocenters. The lowest BCUT2D eigenvalue weighted by molar-refractivity contribution is 0.0957. The summed E-state index contributed by atoms with van der Waals surface area (Å²) in [6.45, 7) is 9.97. The smallest absolute Gasteiger partial charge is 0.275 e. The fourth-order valence-corrected chi connectivity index (χ4v) is 3.53. The lowest BCUT2D eigenvalue weighted by Gasteiger charge is -2.35. The van der Waals surface area contributed by atoms with Crippen molar-refractivity contribution >= 4 is 17.2 Å². The van der Waals surface area contributed by atoms with Crippen molar-refractivity contribution in [1.82, 2.24) is 10.3 Å². The van der Waals surface area contributed by atoms with Gasteiger partial charge in [0.05, 0.1) is 4.88 Å². The third kappa shape index (κ3) is 3.35. The average Bonchev–Trinajstić information content (AvgIpc) is 2.74. The molecule has 0 aliphatic carbocycles. The normalized spacial score (nSPS) is 24.4. The van der Waals surface area contributed by atoms with Crippen LogP contribution < -0.4 is 11.3 Å². The summed E-state index contributed by atoms with van der Waals surface area (Å²) >= 11 is 1.52. The zero-order valence-corrected chi connectivity index (χ0v) is 12.7. The molecule has 5 heteroatoms. The highest BCUT2D eigenvalue weighted by molar-refractivity contribution is 7.14. The predicted octanol–water partition coefficient (Wildman–Crippen LogP) is 2.14. The standard InChI is InChI=1S/C14H23N3OS/c1-9-4-5-17(7-10(9)2)8-12-6-13(14(18)16-15)19-11(12)3/h6,9-10H,4-5,7-8,15H2,1-3H3,(H,16,18). The van der Waals surface area contributed by atoms with Crippen LogP contribution in [0, 0.1) is 18.8 Å². The van der Waals surface area contributed by atoms with Crippen LogP contribution in [-0.4, -0.2) is 23.9 Å². The number of hydrogen-bond donors (Lipinski definition) is 2. The minimum atomic E-state index is -0.194. The quantitative estimate of drug-likeness (QED) is 0.507. The molecule has 1 amide bonds. The van der Waals surface area contributed by atoms with E-state index in [9.17, 15) is 4.79 Å². The predicted molar refractivity (Wildman–Crippen MR) is 78.9 cm³/mol. The molecule has 0 aromatic carbocycles. The minimum absolute atomic E-state index is 0.194. The number of rotatable bonds is 3. The van der Waals surface area contributed by atoms with E-state index in [1.807, 2.05) is 6.07 Å². The number of piperidine rings is 1. The van der Waals surface area contributed by atoms with Gasteiger partial charge in [0, 0.05) is 18.0 Å². The summed E-state index contributed by atoms with van der Waals surface area (Å²) in [4.78, 5) is 15.9. The van der Waals surface area contributed by atoms with E-state index in [0.29, 0.717) is 4.88 Å². The SMILES string of the molecule is Cc1sc(C(=O)NN)cc1CN1CCC(C)C(C)C1. The fourth-order valence-electron chi connectivity index (χ4n) is 2.59. The van der Waals surface area contributed by atoms with Gasteiger partial charge in [-0.25, -0.2) is 5.84 Å². The monoisotopic (exact) mass is 281 g/mol. The molecular formula is C14H23N3OS. The molecule has 19 heavy (non-hydrogen) atoms. The van der Waals surface area contributed by atoms with Crippen LogP contribution in [0.3, 0.4) is 0 Å². The summed E-state index contributed by atoms with van der Waals surface area (Å²) in [7, 11) is 0. The van der Waals surface area contributed by atoms with E-state index in [1.54, 1.807) is 0 Å². The van der Waals surface area contributed by atoms with Gasteiger partial charge in [-0.15, -0.1) is 11.3 Å². The first-order chi connectivity index (χ1) is 9.01. The van der Waals surface area contributed by atoms with E-state index in [2.05, 4.69) is 31.1 Å². The van der Waals surface area contributed by atoms with Crippen molar-refractivity contribution in [1.29, 1.82) is 0 Å². The molecule has 0 radical (unpaired) electrons. The van der Waals surface area contributed by atoms with Crippen LogP contribution in [0.1, 0.15) is 40.4 Å². The van der Waals surface area contributed by atoms with Crippen LogP contribution in [0.4, 0.5) is 0 Å². The second-order valence-electron chi connectivity index (χ2n) is 5.64. The van der Waals surface area contributed by atoms with E-state index in [-0.39, 0.29) is 5.91 Å². The van der Waals surface area contributed by atoms with E-state index in [0.717, 1.165) is 31.5 Å². The first kappa shape index (κ1) is 14.5. The molecule has 3 N–H and O–H groups in total. The van der Waals surface area contributed by atoms with E-state index in [4.69, 9.17) is 5.84 Å². The minimum Gasteiger partial charge on any atom is -0.299 e. The van der Waals surface area contributed by atoms with Gasteiger partial charge in [-0.2, -0.15) is 0 Å². The van der Waals surface area contributed by atoms with Crippen LogP contribution in [0.2, 0.25) is 0 Å². The lowest BCUT2D eigenvalue weighted by Crippen LogP contribution is -2.37. The Balaban J connectivity index is 2.03. The highest BCUT2D eigenvalue weighted by Gasteiger charge is 2.23. The van der Waals surface area contributed by atoms with Gasteiger partial charge in [0.15, 0.2) is 0 Å². The molecule has 2 rings (SSSR count). The van der Waals surface area contributed by atoms with Crippen molar-refractivity contribution in [3.05, 3.63) is 21.4 Å². The molecule has 1 aliphatic rings. The number of nitrogens with two attached hydrogens (primary N) is 1. The van der Waals surface area contributed by atoms with Crippen molar-refractivity contribution in [2.24, 2.45) is 17.7 Å². The summed E-state index contributed by atoms with van der Waals surface area (Å²) in [5.74, 6) is 6.55. The molecule has 0 saturated carbocycles. The van der Waals surface area contributed by atoms with Gasteiger partial charge >= 0.3 is 0 Å². The van der Waals surface area contributed by atoms with Gasteiger partial charge in [0.1, 0.15) is 0 Å². The van der Waals surface area contributed by atoms with Gasteiger partial charge in [-0.3, -0.25) is 15.1 Å². The Labute approximate surface area is 118 Å². The van der Waals surface area contributed by atoms with Crippen molar-refractivity contribution < 1.29 is 4.79 Å². The van der Waals surface area contributed by atoms with Crippen LogP contribution in [0.5, 0.6) is 0 Å². The summed E-state index contributed by atoms with van der Waals surface area (Å²) in [6, 6.07) is 1.98. The molecule has 1 saturated heterocycles. The van der Waals surface area contributed by atoms with Gasteiger partial charge in [-0.05, 0) is 43.4 Å². The van der Waals surface area contributed by atoms with Crippen molar-refractivity contribution in [2.45, 2.75) is 33.7 Å². The molecular weight excluding hydrogens is 258 g/mol. The van der Waals surface area contributed by atoms with Gasteiger partial charge in [-0.1, -0.05) is 13.8 Å². The summed E-state index contributed by atoms with van der Waals surface area (Å²) in [5, 5.41) is 0. The highest BCUT2D eigenvalue weighted by Crippen LogP contribution is 2.27. The number of carbonyl (C=O) groups excluding carboxylic acids is 1. The largest absolute Gasteiger partial charge is 0.299 e. The Morgan fingerprint density at radius 3 is 2.89 bits per heavy atom. The van der Waals surface area contributed by atoms with Crippen LogP contribution in [0.25, 0.3) is 0 Å². The Hall–Kier alpha value is -0.910. The average molecular weight is 281 g/mol. The second-order valence-corrected chi connectivity index (χ2v) is 6.90. The zero-order valence-electron chi connectivity index (χ0n) is 11.9. The Kier molecular flexibility index (Phi) is 4.60. The maximum absolute atomic E-state index is 11.5. The van der Waals surface area contributed by atoms with Crippen molar-refractivity contribution in [3.8, 4) is 0 Å². The number of carbonyl (C=O) groups is 1. The van der Waals surface area contributed by atoms with Crippen molar-refractivity contribution in [2.75, 3.05) is 13.1 Å². The first-order valence-corrected chi connectivity index (χ1v) is 7.65. The molecule has 0 spiro atoms. The maximum atomic E-state index is 11.5. The Morgan fingerprint density at radius 2 is 2.26 bits per heavy atom. The molecule has 1 aliphatic heterocycles. The summed E-state index contributed by atoms with van der Waals surface area (Å²) in [5.41, 5.74) is 3.45. The Bertz CT molecular complexity index is 458. The van der Waals surface area contributed by atoms with Crippen LogP contribution in [-0.2, 0) is 6.54 Å². The first-order valence-electron chi connectivity index (χ1n) is 6.84. The summed E-state index contributed by atoms with van der Waals surface area (Å²) < 4.78 is 0. The molecule has 106 valence electrons. The van der Waals surface area contributed by atoms with Gasteiger partial charge in [0.25, 0.3) is 5.91 Å². The number of nitrogen functional groups attached to an aromatic ring is 1. The van der Waals surface area contributed by atoms with E-state index < -0.39 is 0 Å². The molecule has 1 fully saturated rings. The second kappa shape index (κ2) is 6.03. The van der Waals surface area contributed by atoms with Crippen molar-refractivity contribution in [3.63, 3.8) is 0 Å². The number of nitrogens with zero attached hydrogens (tertiary/aromatic N) is 1. The molecule has 4 nitrogen and oxygen atoms in total. The third-order valence-electron chi connectivity index (χ3n) is 4.19. The number of hydrogen-bond acceptors (Lipinski definition) is 4. The molecule has 1 aromatic heterocycles. The highest BCUT2D eigenvalue weighted by atomic mass is 32.1. The number of nitrogens with one attached hydrogen (secondary N) is 1. The zero-order chi connectivity index (χ0) is 14.0. The maximum Gasteiger partial charge on any atom is 0.275 e. The van der Waals surface area contributed by atoms with Crippen LogP contribution in [0.15, 0.2) is 6.07 Å².